The lowest BCUT2D eigenvalue weighted by molar-refractivity contribution is -0.129. The van der Waals surface area contributed by atoms with Crippen molar-refractivity contribution in [1.29, 1.82) is 0 Å². The van der Waals surface area contributed by atoms with Crippen LogP contribution in [0.4, 0.5) is 5.69 Å². The predicted octanol–water partition coefficient (Wildman–Crippen LogP) is 5.14. The fraction of sp³-hybridized carbons (Fsp3) is 0.417. The monoisotopic (exact) mass is 394 g/mol. The Morgan fingerprint density at radius 3 is 2.17 bits per heavy atom. The van der Waals surface area contributed by atoms with Gasteiger partial charge in [0.2, 0.25) is 11.8 Å². The van der Waals surface area contributed by atoms with E-state index in [4.69, 9.17) is 4.74 Å². The van der Waals surface area contributed by atoms with Crippen molar-refractivity contribution in [3.63, 3.8) is 0 Å². The van der Waals surface area contributed by atoms with Gasteiger partial charge in [-0.05, 0) is 63.3 Å². The third-order valence-electron chi connectivity index (χ3n) is 5.59. The largest absolute Gasteiger partial charge is 0.455 e. The third-order valence-corrected chi connectivity index (χ3v) is 5.59. The van der Waals surface area contributed by atoms with E-state index in [-0.39, 0.29) is 29.7 Å². The second kappa shape index (κ2) is 10.1. The summed E-state index contributed by atoms with van der Waals surface area (Å²) < 4.78 is 5.93. The minimum atomic E-state index is -0.0765. The molecule has 3 rings (SSSR count). The minimum absolute atomic E-state index is 0.00473. The van der Waals surface area contributed by atoms with E-state index in [1.807, 2.05) is 61.5 Å². The standard InChI is InChI=1S/C24H30N2O3/c1-3-17(2)25-23(27)18-13-15-19(16-14-18)24(28)26-21-11-7-8-12-22(21)29-20-9-5-4-6-10-20/h4-12,17-19H,3,13-16H2,1-2H3,(H,25,27)(H,26,28). The number of amides is 2. The van der Waals surface area contributed by atoms with E-state index in [2.05, 4.69) is 17.6 Å². The second-order valence-corrected chi connectivity index (χ2v) is 7.77. The smallest absolute Gasteiger partial charge is 0.227 e. The molecular weight excluding hydrogens is 364 g/mol. The van der Waals surface area contributed by atoms with Crippen LogP contribution in [0.2, 0.25) is 0 Å². The maximum atomic E-state index is 12.8. The summed E-state index contributed by atoms with van der Waals surface area (Å²) >= 11 is 0. The number of carbonyl (C=O) groups excluding carboxylic acids is 2. The van der Waals surface area contributed by atoms with E-state index < -0.39 is 0 Å². The summed E-state index contributed by atoms with van der Waals surface area (Å²) in [5, 5.41) is 6.08. The van der Waals surface area contributed by atoms with Crippen LogP contribution in [0, 0.1) is 11.8 Å². The Balaban J connectivity index is 1.56. The zero-order valence-corrected chi connectivity index (χ0v) is 17.2. The van der Waals surface area contributed by atoms with Crippen LogP contribution in [-0.4, -0.2) is 17.9 Å². The molecule has 1 atom stereocenters. The molecule has 0 aromatic heterocycles. The molecule has 1 fully saturated rings. The van der Waals surface area contributed by atoms with Gasteiger partial charge in [0.05, 0.1) is 5.69 Å². The third kappa shape index (κ3) is 5.83. The molecule has 2 amide bonds. The number of nitrogens with one attached hydrogen (secondary N) is 2. The molecule has 0 aliphatic heterocycles. The highest BCUT2D eigenvalue weighted by Crippen LogP contribution is 2.33. The molecule has 0 bridgehead atoms. The van der Waals surface area contributed by atoms with Crippen LogP contribution in [0.25, 0.3) is 0 Å². The number of benzene rings is 2. The normalized spacial score (nSPS) is 19.8. The zero-order valence-electron chi connectivity index (χ0n) is 17.2. The van der Waals surface area contributed by atoms with Gasteiger partial charge >= 0.3 is 0 Å². The van der Waals surface area contributed by atoms with Gasteiger partial charge in [0, 0.05) is 17.9 Å². The van der Waals surface area contributed by atoms with E-state index in [1.165, 1.54) is 0 Å². The number of carbonyl (C=O) groups is 2. The summed E-state index contributed by atoms with van der Waals surface area (Å²) in [7, 11) is 0. The van der Waals surface area contributed by atoms with Gasteiger partial charge in [-0.25, -0.2) is 0 Å². The molecule has 1 aliphatic rings. The van der Waals surface area contributed by atoms with Crippen molar-refractivity contribution in [2.45, 2.75) is 52.0 Å². The average Bonchev–Trinajstić information content (AvgIpc) is 2.75. The maximum absolute atomic E-state index is 12.8. The van der Waals surface area contributed by atoms with Gasteiger partial charge in [0.25, 0.3) is 0 Å². The first-order chi connectivity index (χ1) is 14.1. The summed E-state index contributed by atoms with van der Waals surface area (Å²) in [5.41, 5.74) is 0.665. The number of anilines is 1. The SMILES string of the molecule is CCC(C)NC(=O)C1CCC(C(=O)Nc2ccccc2Oc2ccccc2)CC1. The highest BCUT2D eigenvalue weighted by Gasteiger charge is 2.30. The second-order valence-electron chi connectivity index (χ2n) is 7.77. The van der Waals surface area contributed by atoms with E-state index in [0.29, 0.717) is 11.4 Å². The van der Waals surface area contributed by atoms with Crippen molar-refractivity contribution in [2.24, 2.45) is 11.8 Å². The first-order valence-electron chi connectivity index (χ1n) is 10.5. The molecule has 5 heteroatoms. The molecule has 0 spiro atoms. The van der Waals surface area contributed by atoms with Gasteiger partial charge in [0.1, 0.15) is 5.75 Å². The van der Waals surface area contributed by atoms with Gasteiger partial charge < -0.3 is 15.4 Å². The van der Waals surface area contributed by atoms with Crippen LogP contribution in [-0.2, 0) is 9.59 Å². The van der Waals surface area contributed by atoms with Gasteiger partial charge in [0.15, 0.2) is 5.75 Å². The zero-order chi connectivity index (χ0) is 20.6. The van der Waals surface area contributed by atoms with Crippen molar-refractivity contribution in [3.8, 4) is 11.5 Å². The van der Waals surface area contributed by atoms with Crippen LogP contribution in [0.1, 0.15) is 46.0 Å². The molecule has 5 nitrogen and oxygen atoms in total. The van der Waals surface area contributed by atoms with E-state index in [0.717, 1.165) is 37.9 Å². The number of rotatable bonds is 7. The Bertz CT molecular complexity index is 814. The van der Waals surface area contributed by atoms with E-state index in [1.54, 1.807) is 0 Å². The lowest BCUT2D eigenvalue weighted by atomic mass is 9.81. The molecule has 154 valence electrons. The van der Waals surface area contributed by atoms with Crippen molar-refractivity contribution < 1.29 is 14.3 Å². The molecule has 0 heterocycles. The van der Waals surface area contributed by atoms with Gasteiger partial charge in [-0.15, -0.1) is 0 Å². The first kappa shape index (κ1) is 20.9. The Morgan fingerprint density at radius 1 is 0.931 bits per heavy atom. The van der Waals surface area contributed by atoms with Crippen LogP contribution >= 0.6 is 0 Å². The molecule has 2 aromatic rings. The van der Waals surface area contributed by atoms with Crippen molar-refractivity contribution in [2.75, 3.05) is 5.32 Å². The Kier molecular flexibility index (Phi) is 7.28. The van der Waals surface area contributed by atoms with E-state index >= 15 is 0 Å². The maximum Gasteiger partial charge on any atom is 0.227 e. The Morgan fingerprint density at radius 2 is 1.52 bits per heavy atom. The predicted molar refractivity (Wildman–Crippen MR) is 115 cm³/mol. The van der Waals surface area contributed by atoms with Crippen LogP contribution in [0.3, 0.4) is 0 Å². The molecule has 2 aromatic carbocycles. The van der Waals surface area contributed by atoms with Crippen LogP contribution in [0.15, 0.2) is 54.6 Å². The topological polar surface area (TPSA) is 67.4 Å². The van der Waals surface area contributed by atoms with Gasteiger partial charge in [-0.2, -0.15) is 0 Å². The van der Waals surface area contributed by atoms with Gasteiger partial charge in [-0.1, -0.05) is 37.3 Å². The number of hydrogen-bond donors (Lipinski definition) is 2. The van der Waals surface area contributed by atoms with Crippen LogP contribution in [0.5, 0.6) is 11.5 Å². The number of ether oxygens (including phenoxy) is 1. The van der Waals surface area contributed by atoms with Gasteiger partial charge in [-0.3, -0.25) is 9.59 Å². The lowest BCUT2D eigenvalue weighted by Crippen LogP contribution is -2.39. The van der Waals surface area contributed by atoms with Crippen LogP contribution < -0.4 is 15.4 Å². The highest BCUT2D eigenvalue weighted by atomic mass is 16.5. The van der Waals surface area contributed by atoms with Crippen molar-refractivity contribution >= 4 is 17.5 Å². The van der Waals surface area contributed by atoms with Crippen molar-refractivity contribution in [1.82, 2.24) is 5.32 Å². The highest BCUT2D eigenvalue weighted by molar-refractivity contribution is 5.94. The summed E-state index contributed by atoms with van der Waals surface area (Å²) in [4.78, 5) is 25.1. The molecule has 1 aliphatic carbocycles. The van der Waals surface area contributed by atoms with E-state index in [9.17, 15) is 9.59 Å². The fourth-order valence-electron chi connectivity index (χ4n) is 3.59. The number of para-hydroxylation sites is 3. The minimum Gasteiger partial charge on any atom is -0.455 e. The summed E-state index contributed by atoms with van der Waals surface area (Å²) in [6.45, 7) is 4.08. The van der Waals surface area contributed by atoms with Crippen molar-refractivity contribution in [3.05, 3.63) is 54.6 Å². The average molecular weight is 395 g/mol. The molecule has 29 heavy (non-hydrogen) atoms. The molecule has 1 saturated carbocycles. The number of hydrogen-bond acceptors (Lipinski definition) is 3. The Labute approximate surface area is 172 Å². The summed E-state index contributed by atoms with van der Waals surface area (Å²) in [6.07, 6.45) is 3.89. The fourth-order valence-corrected chi connectivity index (χ4v) is 3.59. The molecule has 0 radical (unpaired) electrons. The summed E-state index contributed by atoms with van der Waals surface area (Å²) in [5.74, 6) is 1.40. The first-order valence-corrected chi connectivity index (χ1v) is 10.5. The summed E-state index contributed by atoms with van der Waals surface area (Å²) in [6, 6.07) is 17.2. The molecule has 1 unspecified atom stereocenters. The molecule has 2 N–H and O–H groups in total. The lowest BCUT2D eigenvalue weighted by Gasteiger charge is -2.28. The molecule has 0 saturated heterocycles. The Hall–Kier alpha value is -2.82. The quantitative estimate of drug-likeness (QED) is 0.683. The molecular formula is C24H30N2O3.